The minimum atomic E-state index is -0.334. The first kappa shape index (κ1) is 49.8. The Kier molecular flexibility index (Phi) is 19.6. The second-order valence-electron chi connectivity index (χ2n) is 16.1. The van der Waals surface area contributed by atoms with Crippen LogP contribution in [0.5, 0.6) is 23.0 Å². The third-order valence-corrected chi connectivity index (χ3v) is 10.7. The Bertz CT molecular complexity index is 2300. The molecule has 0 amide bonds. The second kappa shape index (κ2) is 25.9. The highest BCUT2D eigenvalue weighted by Gasteiger charge is 2.19. The van der Waals surface area contributed by atoms with Crippen LogP contribution in [-0.4, -0.2) is 92.7 Å². The SMILES string of the molecule is OCC1=CC(OCc2cc(COc3cc(CO)cc(CO)c3)cc(OC/C=C\COC3C=C(COc4cc(CO)cc(CO)c4)C=C(COc4cc(CO)cc(CO)c4)C3)c2)CC(CO)=C1. The van der Waals surface area contributed by atoms with E-state index in [1.54, 1.807) is 60.7 Å². The van der Waals surface area contributed by atoms with E-state index in [1.807, 2.05) is 48.6 Å². The predicted molar refractivity (Wildman–Crippen MR) is 245 cm³/mol. The van der Waals surface area contributed by atoms with Crippen molar-refractivity contribution in [2.24, 2.45) is 0 Å². The molecule has 4 aromatic rings. The molecular formula is C52H60O14. The van der Waals surface area contributed by atoms with Crippen LogP contribution in [0.25, 0.3) is 0 Å². The van der Waals surface area contributed by atoms with Crippen LogP contribution in [0.3, 0.4) is 0 Å². The Labute approximate surface area is 384 Å². The maximum Gasteiger partial charge on any atom is 0.120 e. The summed E-state index contributed by atoms with van der Waals surface area (Å²) in [4.78, 5) is 0. The third kappa shape index (κ3) is 15.5. The van der Waals surface area contributed by atoms with E-state index in [1.165, 1.54) is 0 Å². The molecule has 0 saturated heterocycles. The van der Waals surface area contributed by atoms with Gasteiger partial charge in [-0.15, -0.1) is 0 Å². The average Bonchev–Trinajstić information content (AvgIpc) is 3.36. The molecule has 66 heavy (non-hydrogen) atoms. The van der Waals surface area contributed by atoms with Crippen molar-refractivity contribution in [3.8, 4) is 23.0 Å². The lowest BCUT2D eigenvalue weighted by Gasteiger charge is -2.23. The molecule has 352 valence electrons. The molecule has 0 aromatic heterocycles. The summed E-state index contributed by atoms with van der Waals surface area (Å²) in [5, 5.41) is 77.7. The minimum Gasteiger partial charge on any atom is -0.490 e. The first-order chi connectivity index (χ1) is 32.2. The van der Waals surface area contributed by atoms with E-state index >= 15 is 0 Å². The van der Waals surface area contributed by atoms with Crippen LogP contribution in [-0.2, 0) is 62.3 Å². The highest BCUT2D eigenvalue weighted by atomic mass is 16.5. The molecule has 0 bridgehead atoms. The van der Waals surface area contributed by atoms with Crippen molar-refractivity contribution in [2.45, 2.75) is 77.9 Å². The Balaban J connectivity index is 1.10. The minimum absolute atomic E-state index is 0.124. The van der Waals surface area contributed by atoms with E-state index in [9.17, 15) is 40.9 Å². The van der Waals surface area contributed by atoms with Gasteiger partial charge in [0.2, 0.25) is 0 Å². The van der Waals surface area contributed by atoms with Crippen molar-refractivity contribution in [3.63, 3.8) is 0 Å². The fraction of sp³-hybridized carbons (Fsp3) is 0.346. The number of aliphatic hydroxyl groups excluding tert-OH is 8. The molecular weight excluding hydrogens is 849 g/mol. The van der Waals surface area contributed by atoms with Crippen LogP contribution in [0.2, 0.25) is 0 Å². The van der Waals surface area contributed by atoms with Crippen LogP contribution >= 0.6 is 0 Å². The van der Waals surface area contributed by atoms with Gasteiger partial charge in [0, 0.05) is 12.8 Å². The lowest BCUT2D eigenvalue weighted by Crippen LogP contribution is -2.20. The lowest BCUT2D eigenvalue weighted by atomic mass is 9.98. The molecule has 0 aliphatic heterocycles. The van der Waals surface area contributed by atoms with Crippen LogP contribution in [0.1, 0.15) is 57.3 Å². The molecule has 2 atom stereocenters. The van der Waals surface area contributed by atoms with Crippen molar-refractivity contribution in [3.05, 3.63) is 176 Å². The van der Waals surface area contributed by atoms with Gasteiger partial charge in [0.1, 0.15) is 49.4 Å². The molecule has 2 aliphatic rings. The summed E-state index contributed by atoms with van der Waals surface area (Å²) < 4.78 is 37.1. The van der Waals surface area contributed by atoms with Crippen molar-refractivity contribution < 1.29 is 69.3 Å². The van der Waals surface area contributed by atoms with Gasteiger partial charge in [-0.3, -0.25) is 0 Å². The zero-order chi connectivity index (χ0) is 46.7. The van der Waals surface area contributed by atoms with Crippen molar-refractivity contribution in [2.75, 3.05) is 39.6 Å². The van der Waals surface area contributed by atoms with E-state index in [0.717, 1.165) is 27.8 Å². The van der Waals surface area contributed by atoms with Gasteiger partial charge in [-0.2, -0.15) is 0 Å². The summed E-state index contributed by atoms with van der Waals surface area (Å²) in [5.41, 5.74) is 8.60. The summed E-state index contributed by atoms with van der Waals surface area (Å²) in [6.07, 6.45) is 11.7. The average molecular weight is 909 g/mol. The van der Waals surface area contributed by atoms with Crippen LogP contribution in [0.4, 0.5) is 0 Å². The monoisotopic (exact) mass is 908 g/mol. The van der Waals surface area contributed by atoms with Gasteiger partial charge in [0.15, 0.2) is 0 Å². The van der Waals surface area contributed by atoms with E-state index in [4.69, 9.17) is 28.4 Å². The summed E-state index contributed by atoms with van der Waals surface area (Å²) >= 11 is 0. The summed E-state index contributed by atoms with van der Waals surface area (Å²) in [7, 11) is 0. The number of ether oxygens (including phenoxy) is 6. The molecule has 0 radical (unpaired) electrons. The van der Waals surface area contributed by atoms with Crippen LogP contribution < -0.4 is 18.9 Å². The standard InChI is InChI=1S/C52H60O14/c53-23-35-5-36(24-54)12-49(11-35)63-31-43-9-44(32-64-50-13-37(25-55)6-38(14-50)26-56)20-47(19-43)61-3-1-2-4-62-48-21-45(33-65-51-15-39(27-57)7-40(16-51)28-58)10-46(22-48)34-66-52-17-41(29-59)8-42(18-52)30-60/h1-2,5-17,19,21-22,47,52-60H,3-4,18,20,23-34H2/b2-1-. The molecule has 4 aromatic carbocycles. The first-order valence-electron chi connectivity index (χ1n) is 21.8. The molecule has 0 saturated carbocycles. The molecule has 0 spiro atoms. The molecule has 14 heteroatoms. The van der Waals surface area contributed by atoms with Gasteiger partial charge in [-0.25, -0.2) is 0 Å². The number of hydrogen-bond donors (Lipinski definition) is 8. The number of benzene rings is 4. The smallest absolute Gasteiger partial charge is 0.120 e. The van der Waals surface area contributed by atoms with E-state index in [-0.39, 0.29) is 105 Å². The molecule has 0 heterocycles. The first-order valence-corrected chi connectivity index (χ1v) is 21.8. The normalized spacial score (nSPS) is 16.1. The van der Waals surface area contributed by atoms with Crippen LogP contribution in [0.15, 0.2) is 132 Å². The molecule has 8 N–H and O–H groups in total. The maximum atomic E-state index is 9.75. The summed E-state index contributed by atoms with van der Waals surface area (Å²) in [6, 6.07) is 21.2. The van der Waals surface area contributed by atoms with E-state index < -0.39 is 0 Å². The van der Waals surface area contributed by atoms with E-state index in [0.29, 0.717) is 74.8 Å². The van der Waals surface area contributed by atoms with Crippen LogP contribution in [0, 0.1) is 0 Å². The Morgan fingerprint density at radius 3 is 1.30 bits per heavy atom. The lowest BCUT2D eigenvalue weighted by molar-refractivity contribution is 0.0682. The Morgan fingerprint density at radius 2 is 0.773 bits per heavy atom. The van der Waals surface area contributed by atoms with Gasteiger partial charge < -0.3 is 69.3 Å². The fourth-order valence-electron chi connectivity index (χ4n) is 7.60. The van der Waals surface area contributed by atoms with Gasteiger partial charge in [0.25, 0.3) is 0 Å². The zero-order valence-corrected chi connectivity index (χ0v) is 36.9. The molecule has 6 rings (SSSR count). The van der Waals surface area contributed by atoms with E-state index in [2.05, 4.69) is 0 Å². The van der Waals surface area contributed by atoms with Crippen molar-refractivity contribution in [1.29, 1.82) is 0 Å². The van der Waals surface area contributed by atoms with Crippen molar-refractivity contribution in [1.82, 2.24) is 0 Å². The number of hydrogen-bond acceptors (Lipinski definition) is 14. The van der Waals surface area contributed by atoms with Gasteiger partial charge in [-0.1, -0.05) is 42.5 Å². The Morgan fingerprint density at radius 1 is 0.364 bits per heavy atom. The van der Waals surface area contributed by atoms with Crippen molar-refractivity contribution >= 4 is 0 Å². The molecule has 2 unspecified atom stereocenters. The molecule has 2 aliphatic carbocycles. The Hall–Kier alpha value is -5.62. The highest BCUT2D eigenvalue weighted by molar-refractivity contribution is 5.39. The highest BCUT2D eigenvalue weighted by Crippen LogP contribution is 2.28. The quantitative estimate of drug-likeness (QED) is 0.0386. The summed E-state index contributed by atoms with van der Waals surface area (Å²) in [6.45, 7) is -0.116. The predicted octanol–water partition coefficient (Wildman–Crippen LogP) is 5.08. The van der Waals surface area contributed by atoms with Gasteiger partial charge in [-0.05, 0) is 134 Å². The van der Waals surface area contributed by atoms with Gasteiger partial charge >= 0.3 is 0 Å². The fourth-order valence-corrected chi connectivity index (χ4v) is 7.60. The number of aliphatic hydroxyl groups is 8. The third-order valence-electron chi connectivity index (χ3n) is 10.7. The molecule has 14 nitrogen and oxygen atoms in total. The second-order valence-corrected chi connectivity index (χ2v) is 16.1. The summed E-state index contributed by atoms with van der Waals surface area (Å²) in [5.74, 6) is 2.11. The topological polar surface area (TPSA) is 217 Å². The zero-order valence-electron chi connectivity index (χ0n) is 36.9. The largest absolute Gasteiger partial charge is 0.490 e. The van der Waals surface area contributed by atoms with Gasteiger partial charge in [0.05, 0.1) is 78.3 Å². The number of rotatable bonds is 26. The molecule has 0 fully saturated rings. The maximum absolute atomic E-state index is 9.75.